The van der Waals surface area contributed by atoms with Crippen LogP contribution in [0.5, 0.6) is 11.5 Å². The van der Waals surface area contributed by atoms with Crippen molar-refractivity contribution in [1.82, 2.24) is 19.1 Å². The Bertz CT molecular complexity index is 2760. The average molecular weight is 915 g/mol. The Labute approximate surface area is 398 Å². The fourth-order valence-electron chi connectivity index (χ4n) is 7.17. The first-order valence-electron chi connectivity index (χ1n) is 23.3. The molecule has 0 fully saturated rings. The second-order valence-corrected chi connectivity index (χ2v) is 14.4. The first-order valence-corrected chi connectivity index (χ1v) is 23.3. The van der Waals surface area contributed by atoms with Gasteiger partial charge in [0.2, 0.25) is 0 Å². The Morgan fingerprint density at radius 3 is 1.09 bits per heavy atom. The highest BCUT2D eigenvalue weighted by molar-refractivity contribution is 5.81. The smallest absolute Gasteiger partial charge is 0.328 e. The molecular weight excluding hydrogens is 853 g/mol. The van der Waals surface area contributed by atoms with Crippen LogP contribution in [0.3, 0.4) is 0 Å². The molecule has 6 aromatic carbocycles. The quantitative estimate of drug-likeness (QED) is 0.0862. The lowest BCUT2D eigenvalue weighted by atomic mass is 10.0. The number of nitrogens with one attached hydrogen (secondary N) is 2. The lowest BCUT2D eigenvalue weighted by Gasteiger charge is -2.26. The second kappa shape index (κ2) is 26.7. The van der Waals surface area contributed by atoms with Crippen LogP contribution in [-0.4, -0.2) is 32.3 Å². The number of aryl methyl sites for hydroxylation is 2. The zero-order chi connectivity index (χ0) is 48.7. The van der Waals surface area contributed by atoms with Crippen LogP contribution in [-0.2, 0) is 13.1 Å². The molecule has 0 aliphatic carbocycles. The van der Waals surface area contributed by atoms with Gasteiger partial charge in [-0.1, -0.05) is 114 Å². The second-order valence-electron chi connectivity index (χ2n) is 14.4. The van der Waals surface area contributed by atoms with Crippen LogP contribution >= 0.6 is 0 Å². The molecule has 0 radical (unpaired) electrons. The highest BCUT2D eigenvalue weighted by atomic mass is 16.5. The minimum atomic E-state index is -0.434. The summed E-state index contributed by atoms with van der Waals surface area (Å²) < 4.78 is 15.2. The van der Waals surface area contributed by atoms with Crippen LogP contribution in [0, 0.1) is 0 Å². The lowest BCUT2D eigenvalue weighted by molar-refractivity contribution is 0.300. The van der Waals surface area contributed by atoms with E-state index in [9.17, 15) is 19.2 Å². The van der Waals surface area contributed by atoms with Crippen LogP contribution in [0.1, 0.15) is 54.4 Å². The maximum absolute atomic E-state index is 12.1. The molecule has 2 N–H and O–H groups in total. The first-order chi connectivity index (χ1) is 33.4. The number of rotatable bonds is 17. The average Bonchev–Trinajstić information content (AvgIpc) is 3.39. The molecule has 0 unspecified atom stereocenters. The van der Waals surface area contributed by atoms with Crippen molar-refractivity contribution in [2.24, 2.45) is 0 Å². The summed E-state index contributed by atoms with van der Waals surface area (Å²) in [6.07, 6.45) is 4.16. The van der Waals surface area contributed by atoms with Crippen LogP contribution in [0.2, 0.25) is 0 Å². The maximum atomic E-state index is 12.1. The number of ether oxygens (including phenoxy) is 2. The largest absolute Gasteiger partial charge is 0.493 e. The third kappa shape index (κ3) is 13.9. The van der Waals surface area contributed by atoms with Crippen molar-refractivity contribution in [2.75, 3.05) is 23.0 Å². The normalized spacial score (nSPS) is 10.2. The zero-order valence-electron chi connectivity index (χ0n) is 39.8. The summed E-state index contributed by atoms with van der Waals surface area (Å²) in [5, 5.41) is 0. The lowest BCUT2D eigenvalue weighted by Crippen LogP contribution is -2.29. The molecule has 0 saturated carbocycles. The predicted octanol–water partition coefficient (Wildman–Crippen LogP) is 12.0. The van der Waals surface area contributed by atoms with Gasteiger partial charge in [0.15, 0.2) is 0 Å². The summed E-state index contributed by atoms with van der Waals surface area (Å²) in [6, 6.07) is 55.9. The Kier molecular flexibility index (Phi) is 20.0. The van der Waals surface area contributed by atoms with E-state index in [1.54, 1.807) is 0 Å². The van der Waals surface area contributed by atoms with E-state index in [4.69, 9.17) is 9.47 Å². The first kappa shape index (κ1) is 50.9. The van der Waals surface area contributed by atoms with Crippen molar-refractivity contribution in [3.05, 3.63) is 224 Å². The van der Waals surface area contributed by atoms with Gasteiger partial charge in [-0.25, -0.2) is 9.59 Å². The number of nitrogens with zero attached hydrogens (tertiary/aromatic N) is 4. The molecular formula is C56H62N6O6. The van der Waals surface area contributed by atoms with E-state index >= 15 is 0 Å². The van der Waals surface area contributed by atoms with E-state index in [2.05, 4.69) is 92.6 Å². The third-order valence-corrected chi connectivity index (χ3v) is 10.2. The Morgan fingerprint density at radius 1 is 0.397 bits per heavy atom. The fraction of sp³-hybridized carbons (Fsp3) is 0.214. The predicted molar refractivity (Wildman–Crippen MR) is 278 cm³/mol. The monoisotopic (exact) mass is 914 g/mol. The van der Waals surface area contributed by atoms with Crippen molar-refractivity contribution in [1.29, 1.82) is 0 Å². The number of aromatic nitrogens is 4. The van der Waals surface area contributed by atoms with Crippen LogP contribution in [0.25, 0.3) is 11.1 Å². The van der Waals surface area contributed by atoms with Crippen LogP contribution in [0.4, 0.5) is 34.1 Å². The van der Waals surface area contributed by atoms with Crippen molar-refractivity contribution in [2.45, 2.75) is 67.5 Å². The van der Waals surface area contributed by atoms with Crippen molar-refractivity contribution in [3.8, 4) is 22.6 Å². The topological polar surface area (TPSA) is 135 Å². The number of hydrogen-bond donors (Lipinski definition) is 2. The Hall–Kier alpha value is -8.12. The molecule has 12 nitrogen and oxygen atoms in total. The van der Waals surface area contributed by atoms with E-state index < -0.39 is 22.5 Å². The molecule has 8 rings (SSSR count). The van der Waals surface area contributed by atoms with Crippen molar-refractivity contribution >= 4 is 34.1 Å². The summed E-state index contributed by atoms with van der Waals surface area (Å²) in [7, 11) is 0. The van der Waals surface area contributed by atoms with Gasteiger partial charge < -0.3 is 28.4 Å². The molecule has 0 spiro atoms. The van der Waals surface area contributed by atoms with E-state index in [1.165, 1.54) is 33.7 Å². The molecule has 8 aromatic rings. The van der Waals surface area contributed by atoms with Crippen LogP contribution < -0.4 is 41.8 Å². The number of benzene rings is 6. The van der Waals surface area contributed by atoms with Gasteiger partial charge in [-0.2, -0.15) is 0 Å². The molecule has 0 bridgehead atoms. The van der Waals surface area contributed by atoms with E-state index in [0.29, 0.717) is 50.6 Å². The fourth-order valence-corrected chi connectivity index (χ4v) is 7.17. The van der Waals surface area contributed by atoms with Gasteiger partial charge in [-0.15, -0.1) is 0 Å². The number of aromatic amines is 2. The minimum absolute atomic E-state index is 0.393. The number of hydrogen-bond acceptors (Lipinski definition) is 8. The van der Waals surface area contributed by atoms with Crippen molar-refractivity contribution in [3.63, 3.8) is 0 Å². The van der Waals surface area contributed by atoms with Crippen molar-refractivity contribution < 1.29 is 9.47 Å². The highest BCUT2D eigenvalue weighted by Crippen LogP contribution is 2.39. The highest BCUT2D eigenvalue weighted by Gasteiger charge is 2.16. The number of H-pyrrole nitrogens is 2. The van der Waals surface area contributed by atoms with Gasteiger partial charge in [0.05, 0.1) is 13.2 Å². The molecule has 12 heteroatoms. The molecule has 0 saturated heterocycles. The SMILES string of the molecule is CC.CC.CC.O=c1ccn(CCCOc2cccc(N(c3ccccc3)c3ccc(-c4ccc(N(c5ccccc5)c5cccc(OCCCn6ccc(=O)[nH]c6=O)c5)cc4)cc3)c2)c(=O)[nH]1. The summed E-state index contributed by atoms with van der Waals surface area (Å²) in [4.78, 5) is 55.8. The van der Waals surface area contributed by atoms with Gasteiger partial charge in [-0.05, 0) is 96.8 Å². The Balaban J connectivity index is 0.00000139. The number of para-hydroxylation sites is 2. The molecule has 0 amide bonds. The summed E-state index contributed by atoms with van der Waals surface area (Å²) in [5.41, 5.74) is 6.25. The van der Waals surface area contributed by atoms with Gasteiger partial charge in [-0.3, -0.25) is 19.6 Å². The van der Waals surface area contributed by atoms with Gasteiger partial charge >= 0.3 is 11.4 Å². The van der Waals surface area contributed by atoms with Gasteiger partial charge in [0, 0.05) is 83.9 Å². The zero-order valence-corrected chi connectivity index (χ0v) is 39.8. The molecule has 2 heterocycles. The van der Waals surface area contributed by atoms with E-state index in [1.807, 2.05) is 126 Å². The molecule has 68 heavy (non-hydrogen) atoms. The molecule has 0 atom stereocenters. The van der Waals surface area contributed by atoms with Gasteiger partial charge in [0.25, 0.3) is 11.1 Å². The summed E-state index contributed by atoms with van der Waals surface area (Å²) in [6.45, 7) is 13.6. The molecule has 0 aliphatic heterocycles. The van der Waals surface area contributed by atoms with E-state index in [-0.39, 0.29) is 0 Å². The standard InChI is InChI=1S/C50H44N6O6.3C2H6/c57-47-27-31-53(49(59)51-47)29-9-33-61-45-17-7-15-43(35-45)55(39-11-3-1-4-12-39)41-23-19-37(20-24-41)38-21-25-42(26-22-38)56(40-13-5-2-6-14-40)44-16-8-18-46(36-44)62-34-10-30-54-32-28-48(58)52-50(54)60;3*1-2/h1-8,11-28,31-32,35-36H,9-10,29-30,33-34H2,(H,51,57,59)(H,52,58,60);3*1-2H3. The summed E-state index contributed by atoms with van der Waals surface area (Å²) >= 11 is 0. The van der Waals surface area contributed by atoms with Gasteiger partial charge in [0.1, 0.15) is 11.5 Å². The third-order valence-electron chi connectivity index (χ3n) is 10.2. The Morgan fingerprint density at radius 2 is 0.735 bits per heavy atom. The molecule has 2 aromatic heterocycles. The molecule has 0 aliphatic rings. The minimum Gasteiger partial charge on any atom is -0.493 e. The maximum Gasteiger partial charge on any atom is 0.328 e. The van der Waals surface area contributed by atoms with E-state index in [0.717, 1.165) is 45.3 Å². The number of anilines is 6. The molecule has 352 valence electrons. The summed E-state index contributed by atoms with van der Waals surface area (Å²) in [5.74, 6) is 1.41. The van der Waals surface area contributed by atoms with Crippen LogP contribution in [0.15, 0.2) is 201 Å².